The smallest absolute Gasteiger partial charge is 0.257 e. The number of nitrogen functional groups attached to an aromatic ring is 1. The van der Waals surface area contributed by atoms with Gasteiger partial charge in [0.15, 0.2) is 5.65 Å². The molecule has 3 N–H and O–H groups in total. The van der Waals surface area contributed by atoms with Gasteiger partial charge in [-0.2, -0.15) is 9.78 Å². The van der Waals surface area contributed by atoms with Gasteiger partial charge in [0, 0.05) is 10.9 Å². The molecule has 0 saturated heterocycles. The third-order valence-electron chi connectivity index (χ3n) is 5.48. The largest absolute Gasteiger partial charge is 0.383 e. The summed E-state index contributed by atoms with van der Waals surface area (Å²) in [5, 5.41) is 9.66. The highest BCUT2D eigenvalue weighted by atomic mass is 32.1. The fourth-order valence-electron chi connectivity index (χ4n) is 3.97. The van der Waals surface area contributed by atoms with Crippen LogP contribution in [0.25, 0.3) is 22.2 Å². The Bertz CT molecular complexity index is 1240. The Balaban J connectivity index is 1.63. The van der Waals surface area contributed by atoms with Crippen LogP contribution in [0.15, 0.2) is 46.9 Å². The van der Waals surface area contributed by atoms with Gasteiger partial charge < -0.3 is 11.1 Å². The summed E-state index contributed by atoms with van der Waals surface area (Å²) >= 11 is 1.57. The molecule has 1 amide bonds. The summed E-state index contributed by atoms with van der Waals surface area (Å²) in [6.07, 6.45) is 7.21. The zero-order valence-corrected chi connectivity index (χ0v) is 17.2. The molecule has 3 aromatic heterocycles. The van der Waals surface area contributed by atoms with E-state index in [2.05, 4.69) is 10.4 Å². The molecule has 0 aliphatic heterocycles. The van der Waals surface area contributed by atoms with Gasteiger partial charge in [-0.25, -0.2) is 9.97 Å². The van der Waals surface area contributed by atoms with E-state index in [4.69, 9.17) is 15.7 Å². The lowest BCUT2D eigenvalue weighted by atomic mass is 9.95. The molecular formula is C22H22N6OS. The molecule has 1 fully saturated rings. The Labute approximate surface area is 177 Å². The second-order valence-corrected chi connectivity index (χ2v) is 8.50. The quantitative estimate of drug-likeness (QED) is 0.486. The van der Waals surface area contributed by atoms with Gasteiger partial charge in [-0.3, -0.25) is 4.79 Å². The maximum atomic E-state index is 13.2. The summed E-state index contributed by atoms with van der Waals surface area (Å²) in [7, 11) is 0. The van der Waals surface area contributed by atoms with Crippen LogP contribution < -0.4 is 11.1 Å². The van der Waals surface area contributed by atoms with E-state index in [-0.39, 0.29) is 17.8 Å². The summed E-state index contributed by atoms with van der Waals surface area (Å²) in [4.78, 5) is 23.6. The van der Waals surface area contributed by atoms with E-state index in [1.54, 1.807) is 17.6 Å². The number of para-hydroxylation sites is 2. The Morgan fingerprint density at radius 3 is 2.63 bits per heavy atom. The van der Waals surface area contributed by atoms with E-state index in [0.29, 0.717) is 16.7 Å². The molecule has 0 bridgehead atoms. The first-order chi connectivity index (χ1) is 14.7. The minimum Gasteiger partial charge on any atom is -0.383 e. The molecular weight excluding hydrogens is 396 g/mol. The Morgan fingerprint density at radius 1 is 1.13 bits per heavy atom. The second kappa shape index (κ2) is 7.87. The molecule has 0 spiro atoms. The molecule has 5 rings (SSSR count). The molecule has 1 aromatic carbocycles. The van der Waals surface area contributed by atoms with Gasteiger partial charge in [0.05, 0.1) is 17.2 Å². The van der Waals surface area contributed by atoms with Crippen molar-refractivity contribution in [2.45, 2.75) is 38.1 Å². The van der Waals surface area contributed by atoms with Crippen LogP contribution >= 0.6 is 11.3 Å². The number of nitrogens with one attached hydrogen (secondary N) is 1. The third-order valence-corrected chi connectivity index (χ3v) is 6.29. The normalized spacial score (nSPS) is 15.3. The number of fused-ring (bicyclic) bond motifs is 2. The molecule has 30 heavy (non-hydrogen) atoms. The Morgan fingerprint density at radius 2 is 1.90 bits per heavy atom. The van der Waals surface area contributed by atoms with Crippen LogP contribution in [0.2, 0.25) is 0 Å². The van der Waals surface area contributed by atoms with Crippen molar-refractivity contribution < 1.29 is 4.79 Å². The topological polar surface area (TPSA) is 98.2 Å². The Kier molecular flexibility index (Phi) is 4.92. The van der Waals surface area contributed by atoms with Crippen molar-refractivity contribution in [3.05, 3.63) is 52.2 Å². The van der Waals surface area contributed by atoms with Crippen LogP contribution in [0.3, 0.4) is 0 Å². The summed E-state index contributed by atoms with van der Waals surface area (Å²) in [5.74, 6) is 0.0421. The number of nitrogens with two attached hydrogens (primary N) is 1. The minimum absolute atomic E-state index is 0.173. The first kappa shape index (κ1) is 18.7. The van der Waals surface area contributed by atoms with Crippen LogP contribution in [-0.4, -0.2) is 32.8 Å². The van der Waals surface area contributed by atoms with E-state index in [0.717, 1.165) is 41.6 Å². The molecule has 0 unspecified atom stereocenters. The van der Waals surface area contributed by atoms with Gasteiger partial charge in [-0.05, 0) is 36.4 Å². The lowest BCUT2D eigenvalue weighted by molar-refractivity contribution is 0.0930. The molecule has 0 radical (unpaired) electrons. The molecule has 1 aliphatic rings. The van der Waals surface area contributed by atoms with E-state index in [9.17, 15) is 4.79 Å². The number of aromatic nitrogens is 3. The SMILES string of the molecule is Nc1c(C(=O)NC2CCCCC2)c2nc3ccccc3nc2n1N=Cc1cccs1. The number of amides is 1. The number of thiophene rings is 1. The van der Waals surface area contributed by atoms with Gasteiger partial charge in [-0.1, -0.05) is 37.5 Å². The fourth-order valence-corrected chi connectivity index (χ4v) is 4.55. The molecule has 3 heterocycles. The average Bonchev–Trinajstić information content (AvgIpc) is 3.37. The van der Waals surface area contributed by atoms with E-state index < -0.39 is 0 Å². The lowest BCUT2D eigenvalue weighted by Gasteiger charge is -2.22. The number of carbonyl (C=O) groups is 1. The second-order valence-electron chi connectivity index (χ2n) is 7.52. The predicted octanol–water partition coefficient (Wildman–Crippen LogP) is 4.17. The number of benzene rings is 1. The molecule has 152 valence electrons. The number of anilines is 1. The van der Waals surface area contributed by atoms with E-state index in [1.165, 1.54) is 11.1 Å². The summed E-state index contributed by atoms with van der Waals surface area (Å²) in [6.45, 7) is 0. The molecule has 4 aromatic rings. The molecule has 1 saturated carbocycles. The summed E-state index contributed by atoms with van der Waals surface area (Å²) in [5.41, 5.74) is 9.18. The maximum absolute atomic E-state index is 13.2. The standard InChI is InChI=1S/C22H22N6OS/c23-20-18(22(29)25-14-7-2-1-3-8-14)19-21(27-17-11-5-4-10-16(17)26-19)28(20)24-13-15-9-6-12-30-15/h4-6,9-14H,1-3,7-8,23H2,(H,25,29). The van der Waals surface area contributed by atoms with Gasteiger partial charge in [0.25, 0.3) is 5.91 Å². The maximum Gasteiger partial charge on any atom is 0.257 e. The van der Waals surface area contributed by atoms with Crippen LogP contribution in [0, 0.1) is 0 Å². The van der Waals surface area contributed by atoms with E-state index in [1.807, 2.05) is 41.8 Å². The van der Waals surface area contributed by atoms with E-state index >= 15 is 0 Å². The van der Waals surface area contributed by atoms with Crippen molar-refractivity contribution >= 4 is 51.5 Å². The van der Waals surface area contributed by atoms with Crippen molar-refractivity contribution in [2.75, 3.05) is 5.73 Å². The summed E-state index contributed by atoms with van der Waals surface area (Å²) in [6, 6.07) is 11.7. The zero-order valence-electron chi connectivity index (χ0n) is 16.4. The highest BCUT2D eigenvalue weighted by Crippen LogP contribution is 2.28. The van der Waals surface area contributed by atoms with Gasteiger partial charge >= 0.3 is 0 Å². The molecule has 1 aliphatic carbocycles. The number of nitrogens with zero attached hydrogens (tertiary/aromatic N) is 4. The Hall–Kier alpha value is -3.26. The fraction of sp³-hybridized carbons (Fsp3) is 0.273. The molecule has 8 heteroatoms. The molecule has 7 nitrogen and oxygen atoms in total. The first-order valence-corrected chi connectivity index (χ1v) is 11.0. The zero-order chi connectivity index (χ0) is 20.5. The average molecular weight is 419 g/mol. The third kappa shape index (κ3) is 3.43. The number of carbonyl (C=O) groups excluding carboxylic acids is 1. The minimum atomic E-state index is -0.209. The number of hydrogen-bond acceptors (Lipinski definition) is 6. The van der Waals surface area contributed by atoms with Crippen LogP contribution in [0.4, 0.5) is 5.82 Å². The highest BCUT2D eigenvalue weighted by Gasteiger charge is 2.26. The van der Waals surface area contributed by atoms with Crippen LogP contribution in [0.5, 0.6) is 0 Å². The number of rotatable bonds is 4. The number of hydrogen-bond donors (Lipinski definition) is 2. The van der Waals surface area contributed by atoms with Gasteiger partial charge in [0.1, 0.15) is 16.9 Å². The highest BCUT2D eigenvalue weighted by molar-refractivity contribution is 7.11. The van der Waals surface area contributed by atoms with Crippen molar-refractivity contribution in [1.82, 2.24) is 20.0 Å². The van der Waals surface area contributed by atoms with Crippen LogP contribution in [-0.2, 0) is 0 Å². The van der Waals surface area contributed by atoms with Crippen molar-refractivity contribution in [1.29, 1.82) is 0 Å². The monoisotopic (exact) mass is 418 g/mol. The van der Waals surface area contributed by atoms with Crippen molar-refractivity contribution in [3.8, 4) is 0 Å². The van der Waals surface area contributed by atoms with Crippen LogP contribution in [0.1, 0.15) is 47.3 Å². The van der Waals surface area contributed by atoms with Gasteiger partial charge in [-0.15, -0.1) is 11.3 Å². The first-order valence-electron chi connectivity index (χ1n) is 10.2. The van der Waals surface area contributed by atoms with Gasteiger partial charge in [0.2, 0.25) is 0 Å². The predicted molar refractivity (Wildman–Crippen MR) is 121 cm³/mol. The van der Waals surface area contributed by atoms with Crippen molar-refractivity contribution in [2.24, 2.45) is 5.10 Å². The lowest BCUT2D eigenvalue weighted by Crippen LogP contribution is -2.36. The van der Waals surface area contributed by atoms with Crippen molar-refractivity contribution in [3.63, 3.8) is 0 Å². The molecule has 0 atom stereocenters. The summed E-state index contributed by atoms with van der Waals surface area (Å²) < 4.78 is 1.52.